The van der Waals surface area contributed by atoms with Gasteiger partial charge in [-0.05, 0) is 104 Å². The minimum absolute atomic E-state index is 0. The minimum atomic E-state index is -0.157. The van der Waals surface area contributed by atoms with E-state index in [1.54, 1.807) is 0 Å². The van der Waals surface area contributed by atoms with Gasteiger partial charge < -0.3 is 5.11 Å². The molecule has 0 aliphatic heterocycles. The molecule has 0 aliphatic carbocycles. The predicted octanol–water partition coefficient (Wildman–Crippen LogP) is 16.0. The van der Waals surface area contributed by atoms with Crippen LogP contribution in [-0.4, -0.2) is 19.6 Å². The molecule has 5 heteroatoms. The zero-order valence-corrected chi connectivity index (χ0v) is 40.8. The maximum atomic E-state index is 12.2. The number of rotatable bonds is 10. The Morgan fingerprint density at radius 2 is 1.25 bits per heavy atom. The quantitative estimate of drug-likeness (QED) is 0.139. The zero-order valence-electron chi connectivity index (χ0n) is 38.6. The van der Waals surface area contributed by atoms with Gasteiger partial charge in [0.25, 0.3) is 0 Å². The molecule has 9 rings (SSSR count). The number of imidazole rings is 1. The number of hydrogen-bond donors (Lipinski definition) is 1. The molecule has 7 aromatic carbocycles. The third-order valence-corrected chi connectivity index (χ3v) is 12.6. The average molecular weight is 1030 g/mol. The number of para-hydroxylation sites is 1. The number of fused-ring (bicyclic) bond motifs is 1. The summed E-state index contributed by atoms with van der Waals surface area (Å²) in [4.78, 5) is 10.5. The molecule has 328 valence electrons. The summed E-state index contributed by atoms with van der Waals surface area (Å²) in [6, 6.07) is 59.9. The van der Waals surface area contributed by atoms with E-state index >= 15 is 0 Å². The zero-order chi connectivity index (χ0) is 44.7. The maximum Gasteiger partial charge on any atom is 0.148 e. The summed E-state index contributed by atoms with van der Waals surface area (Å²) >= 11 is 0. The van der Waals surface area contributed by atoms with Gasteiger partial charge in [0, 0.05) is 38.6 Å². The standard InChI is InChI=1S/C60H56N3O.Pt/c1-9-40-34-50(27-28-51(40)44-19-14-11-15-20-44)63-56-22-16-21-52(57(56)62-59(63)54-36-46(38(2)3)35-53(39(4)5)58(54)64)47-31-48(33-49(32-47)60(6,7)8)55-37-45(29-30-61-55)43-25-23-42(24-26-43)41-17-12-10-13-18-41;/h10-30,32-39,64H,9H2,1-8H3;/q-1;. The van der Waals surface area contributed by atoms with Crippen molar-refractivity contribution in [2.45, 2.75) is 79.1 Å². The van der Waals surface area contributed by atoms with Gasteiger partial charge in [-0.25, -0.2) is 4.98 Å². The number of aryl methyl sites for hydroxylation is 1. The maximum absolute atomic E-state index is 12.2. The number of phenols is 1. The molecule has 9 aromatic rings. The molecule has 0 saturated heterocycles. The number of phenolic OH excluding ortho intramolecular Hbond substituents is 1. The van der Waals surface area contributed by atoms with Crippen molar-refractivity contribution in [2.24, 2.45) is 0 Å². The van der Waals surface area contributed by atoms with Crippen molar-refractivity contribution in [1.82, 2.24) is 14.5 Å². The molecule has 0 aliphatic rings. The molecular weight excluding hydrogens is 974 g/mol. The van der Waals surface area contributed by atoms with E-state index in [0.29, 0.717) is 5.82 Å². The second-order valence-corrected chi connectivity index (χ2v) is 18.6. The number of hydrogen-bond acceptors (Lipinski definition) is 3. The van der Waals surface area contributed by atoms with Crippen molar-refractivity contribution in [3.63, 3.8) is 0 Å². The van der Waals surface area contributed by atoms with Crippen LogP contribution in [0.1, 0.15) is 89.5 Å². The smallest absolute Gasteiger partial charge is 0.148 e. The summed E-state index contributed by atoms with van der Waals surface area (Å²) in [7, 11) is 0. The first kappa shape index (κ1) is 45.2. The Morgan fingerprint density at radius 1 is 0.600 bits per heavy atom. The average Bonchev–Trinajstić information content (AvgIpc) is 3.71. The van der Waals surface area contributed by atoms with Crippen LogP contribution in [0.4, 0.5) is 0 Å². The molecule has 65 heavy (non-hydrogen) atoms. The Hall–Kier alpha value is -6.35. The first-order valence-electron chi connectivity index (χ1n) is 22.7. The van der Waals surface area contributed by atoms with Gasteiger partial charge in [-0.1, -0.05) is 182 Å². The van der Waals surface area contributed by atoms with E-state index in [1.165, 1.54) is 38.9 Å². The molecule has 0 radical (unpaired) electrons. The van der Waals surface area contributed by atoms with Gasteiger partial charge in [0.15, 0.2) is 0 Å². The molecule has 0 amide bonds. The molecule has 2 aromatic heterocycles. The molecule has 0 unspecified atom stereocenters. The van der Waals surface area contributed by atoms with Gasteiger partial charge in [-0.2, -0.15) is 0 Å². The molecule has 4 nitrogen and oxygen atoms in total. The van der Waals surface area contributed by atoms with Gasteiger partial charge in [0.05, 0.1) is 16.6 Å². The first-order valence-corrected chi connectivity index (χ1v) is 22.7. The van der Waals surface area contributed by atoms with Crippen molar-refractivity contribution >= 4 is 11.0 Å². The van der Waals surface area contributed by atoms with Crippen LogP contribution >= 0.6 is 0 Å². The Balaban J connectivity index is 0.00000576. The molecule has 0 saturated carbocycles. The fraction of sp³-hybridized carbons (Fsp3) is 0.200. The van der Waals surface area contributed by atoms with Crippen LogP contribution in [0.25, 0.3) is 83.9 Å². The van der Waals surface area contributed by atoms with Crippen molar-refractivity contribution < 1.29 is 26.2 Å². The SMILES string of the molecule is CCc1cc(-n2c(-c3cc(C(C)C)cc(C(C)C)c3O)nc3c(-c4[c-]c(-c5cc(-c6ccc(-c7ccccc7)cc6)ccn5)cc(C(C)(C)C)c4)cccc32)ccc1-c1ccccc1.[Pt]. The summed E-state index contributed by atoms with van der Waals surface area (Å²) in [6.07, 6.45) is 2.76. The van der Waals surface area contributed by atoms with Crippen LogP contribution in [0.2, 0.25) is 0 Å². The molecule has 0 fully saturated rings. The predicted molar refractivity (Wildman–Crippen MR) is 268 cm³/mol. The number of benzene rings is 7. The number of aromatic hydroxyl groups is 1. The second kappa shape index (κ2) is 18.6. The van der Waals surface area contributed by atoms with Crippen molar-refractivity contribution in [1.29, 1.82) is 0 Å². The topological polar surface area (TPSA) is 50.9 Å². The fourth-order valence-electron chi connectivity index (χ4n) is 8.82. The second-order valence-electron chi connectivity index (χ2n) is 18.6. The van der Waals surface area contributed by atoms with E-state index in [1.807, 2.05) is 12.3 Å². The summed E-state index contributed by atoms with van der Waals surface area (Å²) in [5, 5.41) is 12.2. The minimum Gasteiger partial charge on any atom is -0.507 e. The molecule has 0 spiro atoms. The number of nitrogens with zero attached hydrogens (tertiary/aromatic N) is 3. The third-order valence-electron chi connectivity index (χ3n) is 12.6. The van der Waals surface area contributed by atoms with Crippen LogP contribution in [0, 0.1) is 6.07 Å². The third kappa shape index (κ3) is 9.02. The summed E-state index contributed by atoms with van der Waals surface area (Å²) < 4.78 is 2.25. The van der Waals surface area contributed by atoms with Gasteiger partial charge in [-0.3, -0.25) is 9.55 Å². The van der Waals surface area contributed by atoms with Crippen LogP contribution < -0.4 is 0 Å². The molecule has 0 bridgehead atoms. The van der Waals surface area contributed by atoms with Crippen molar-refractivity contribution in [2.75, 3.05) is 0 Å². The van der Waals surface area contributed by atoms with Gasteiger partial charge in [0.2, 0.25) is 0 Å². The molecule has 2 heterocycles. The Kier molecular flexibility index (Phi) is 13.0. The first-order chi connectivity index (χ1) is 30.9. The Labute approximate surface area is 399 Å². The Bertz CT molecular complexity index is 3120. The number of aromatic nitrogens is 3. The van der Waals surface area contributed by atoms with Crippen molar-refractivity contribution in [3.8, 4) is 78.6 Å². The van der Waals surface area contributed by atoms with Crippen LogP contribution in [0.15, 0.2) is 164 Å². The summed E-state index contributed by atoms with van der Waals surface area (Å²) in [6.45, 7) is 17.7. The van der Waals surface area contributed by atoms with E-state index in [2.05, 4.69) is 218 Å². The summed E-state index contributed by atoms with van der Waals surface area (Å²) in [5.74, 6) is 1.37. The van der Waals surface area contributed by atoms with Crippen LogP contribution in [0.5, 0.6) is 5.75 Å². The molecule has 0 atom stereocenters. The van der Waals surface area contributed by atoms with E-state index in [9.17, 15) is 5.11 Å². The van der Waals surface area contributed by atoms with Gasteiger partial charge in [0.1, 0.15) is 11.6 Å². The molecular formula is C60H56N3OPt-. The largest absolute Gasteiger partial charge is 0.507 e. The van der Waals surface area contributed by atoms with Gasteiger partial charge >= 0.3 is 0 Å². The normalized spacial score (nSPS) is 11.7. The molecule has 1 N–H and O–H groups in total. The number of pyridine rings is 1. The van der Waals surface area contributed by atoms with Crippen LogP contribution in [-0.2, 0) is 32.9 Å². The summed E-state index contributed by atoms with van der Waals surface area (Å²) in [5.41, 5.74) is 18.6. The van der Waals surface area contributed by atoms with E-state index in [0.717, 1.165) is 67.8 Å². The van der Waals surface area contributed by atoms with E-state index in [4.69, 9.17) is 9.97 Å². The van der Waals surface area contributed by atoms with Crippen LogP contribution in [0.3, 0.4) is 0 Å². The fourth-order valence-corrected chi connectivity index (χ4v) is 8.82. The van der Waals surface area contributed by atoms with Gasteiger partial charge in [-0.15, -0.1) is 29.3 Å². The van der Waals surface area contributed by atoms with Crippen molar-refractivity contribution in [3.05, 3.63) is 192 Å². The monoisotopic (exact) mass is 1030 g/mol. The Morgan fingerprint density at radius 3 is 1.89 bits per heavy atom. The van der Waals surface area contributed by atoms with E-state index in [-0.39, 0.29) is 44.1 Å². The van der Waals surface area contributed by atoms with E-state index < -0.39 is 0 Å².